The molecule has 1 saturated carbocycles. The summed E-state index contributed by atoms with van der Waals surface area (Å²) < 4.78 is 0. The van der Waals surface area contributed by atoms with E-state index in [1.807, 2.05) is 54.3 Å². The van der Waals surface area contributed by atoms with Crippen molar-refractivity contribution in [3.8, 4) is 0 Å². The van der Waals surface area contributed by atoms with Gasteiger partial charge in [0, 0.05) is 18.6 Å². The number of rotatable bonds is 8. The highest BCUT2D eigenvalue weighted by molar-refractivity contribution is 6.52. The number of benzene rings is 2. The van der Waals surface area contributed by atoms with Crippen LogP contribution in [-0.4, -0.2) is 64.9 Å². The van der Waals surface area contributed by atoms with Crippen LogP contribution in [0.3, 0.4) is 0 Å². The monoisotopic (exact) mass is 487 g/mol. The van der Waals surface area contributed by atoms with Gasteiger partial charge >= 0.3 is 0 Å². The number of hydrogen-bond donors (Lipinski definition) is 2. The Balaban J connectivity index is 1.34. The minimum absolute atomic E-state index is 0.0305. The van der Waals surface area contributed by atoms with Crippen molar-refractivity contribution in [2.75, 3.05) is 18.1 Å². The molecule has 2 aliphatic heterocycles. The second-order valence-corrected chi connectivity index (χ2v) is 10.1. The number of fused-ring (bicyclic) bond motifs is 1. The van der Waals surface area contributed by atoms with Gasteiger partial charge in [-0.2, -0.15) is 0 Å². The molecule has 0 radical (unpaired) electrons. The van der Waals surface area contributed by atoms with Crippen molar-refractivity contribution in [3.05, 3.63) is 71.3 Å². The Morgan fingerprint density at radius 1 is 1.06 bits per heavy atom. The van der Waals surface area contributed by atoms with Crippen molar-refractivity contribution in [2.24, 2.45) is 0 Å². The van der Waals surface area contributed by atoms with Crippen LogP contribution in [0.15, 0.2) is 54.6 Å². The second-order valence-electron chi connectivity index (χ2n) is 10.1. The van der Waals surface area contributed by atoms with Crippen molar-refractivity contribution < 1.29 is 19.5 Å². The SMILES string of the molecule is Cc1ccc2c(c1)C(=O)C(=O)N2CC(CO)N[C@@H]1C(=O)N(C2CCCCC2)[C@@H]1/C=C/c1ccccc1. The molecular weight excluding hydrogens is 454 g/mol. The fourth-order valence-corrected chi connectivity index (χ4v) is 5.70. The first-order chi connectivity index (χ1) is 17.5. The van der Waals surface area contributed by atoms with Gasteiger partial charge < -0.3 is 14.9 Å². The molecule has 1 saturated heterocycles. The topological polar surface area (TPSA) is 90.0 Å². The van der Waals surface area contributed by atoms with E-state index in [9.17, 15) is 19.5 Å². The summed E-state index contributed by atoms with van der Waals surface area (Å²) in [6.07, 6.45) is 9.60. The third-order valence-electron chi connectivity index (χ3n) is 7.60. The third kappa shape index (κ3) is 4.61. The Bertz CT molecular complexity index is 1170. The van der Waals surface area contributed by atoms with Gasteiger partial charge in [-0.1, -0.05) is 73.4 Å². The number of hydrogen-bond acceptors (Lipinski definition) is 5. The number of nitrogens with zero attached hydrogens (tertiary/aromatic N) is 2. The zero-order valence-corrected chi connectivity index (χ0v) is 20.6. The molecule has 188 valence electrons. The number of aliphatic hydroxyl groups excluding tert-OH is 1. The molecule has 2 aromatic rings. The molecule has 0 spiro atoms. The van der Waals surface area contributed by atoms with Crippen LogP contribution in [0.2, 0.25) is 0 Å². The molecule has 5 rings (SSSR count). The van der Waals surface area contributed by atoms with Crippen LogP contribution in [-0.2, 0) is 9.59 Å². The summed E-state index contributed by atoms with van der Waals surface area (Å²) in [6, 6.07) is 14.4. The van der Waals surface area contributed by atoms with Crippen LogP contribution in [0.5, 0.6) is 0 Å². The zero-order chi connectivity index (χ0) is 25.2. The lowest BCUT2D eigenvalue weighted by molar-refractivity contribution is -0.154. The molecule has 1 unspecified atom stereocenters. The molecule has 0 aromatic heterocycles. The van der Waals surface area contributed by atoms with Gasteiger partial charge in [0.05, 0.1) is 23.9 Å². The molecule has 0 bridgehead atoms. The quantitative estimate of drug-likeness (QED) is 0.441. The molecule has 2 amide bonds. The number of likely N-dealkylation sites (tertiary alicyclic amines) is 1. The maximum absolute atomic E-state index is 13.3. The molecule has 7 nitrogen and oxygen atoms in total. The van der Waals surface area contributed by atoms with Gasteiger partial charge in [-0.15, -0.1) is 0 Å². The number of anilines is 1. The van der Waals surface area contributed by atoms with Gasteiger partial charge in [-0.25, -0.2) is 0 Å². The lowest BCUT2D eigenvalue weighted by Crippen LogP contribution is -2.73. The lowest BCUT2D eigenvalue weighted by Gasteiger charge is -2.52. The molecule has 2 N–H and O–H groups in total. The van der Waals surface area contributed by atoms with Crippen molar-refractivity contribution in [3.63, 3.8) is 0 Å². The van der Waals surface area contributed by atoms with Gasteiger partial charge in [0.1, 0.15) is 6.04 Å². The van der Waals surface area contributed by atoms with Crippen LogP contribution in [0.25, 0.3) is 6.08 Å². The summed E-state index contributed by atoms with van der Waals surface area (Å²) in [7, 11) is 0. The summed E-state index contributed by atoms with van der Waals surface area (Å²) in [4.78, 5) is 42.0. The summed E-state index contributed by atoms with van der Waals surface area (Å²) >= 11 is 0. The highest BCUT2D eigenvalue weighted by atomic mass is 16.3. The first-order valence-corrected chi connectivity index (χ1v) is 12.9. The lowest BCUT2D eigenvalue weighted by atomic mass is 9.85. The highest BCUT2D eigenvalue weighted by Crippen LogP contribution is 2.33. The molecule has 1 aliphatic carbocycles. The Labute approximate surface area is 211 Å². The van der Waals surface area contributed by atoms with E-state index in [-0.39, 0.29) is 31.1 Å². The van der Waals surface area contributed by atoms with E-state index in [0.717, 1.165) is 36.8 Å². The third-order valence-corrected chi connectivity index (χ3v) is 7.60. The number of β-lactam (4-membered cyclic amide) rings is 1. The Hall–Kier alpha value is -3.29. The second kappa shape index (κ2) is 10.4. The Morgan fingerprint density at radius 2 is 1.81 bits per heavy atom. The van der Waals surface area contributed by atoms with E-state index in [2.05, 4.69) is 11.4 Å². The number of Topliss-reactive ketones (excluding diaryl/α,β-unsaturated/α-hetero) is 1. The molecule has 3 atom stereocenters. The summed E-state index contributed by atoms with van der Waals surface area (Å²) in [5.74, 6) is -1.10. The van der Waals surface area contributed by atoms with E-state index in [1.165, 1.54) is 11.3 Å². The molecule has 2 fully saturated rings. The number of amides is 2. The van der Waals surface area contributed by atoms with Gasteiger partial charge in [-0.05, 0) is 37.5 Å². The van der Waals surface area contributed by atoms with E-state index in [4.69, 9.17) is 0 Å². The maximum Gasteiger partial charge on any atom is 0.299 e. The van der Waals surface area contributed by atoms with Crippen molar-refractivity contribution >= 4 is 29.4 Å². The van der Waals surface area contributed by atoms with Crippen molar-refractivity contribution in [1.82, 2.24) is 10.2 Å². The number of carbonyl (C=O) groups is 3. The van der Waals surface area contributed by atoms with Crippen LogP contribution < -0.4 is 10.2 Å². The highest BCUT2D eigenvalue weighted by Gasteiger charge is 2.50. The zero-order valence-electron chi connectivity index (χ0n) is 20.6. The van der Waals surface area contributed by atoms with Crippen molar-refractivity contribution in [1.29, 1.82) is 0 Å². The van der Waals surface area contributed by atoms with E-state index in [1.54, 1.807) is 12.1 Å². The van der Waals surface area contributed by atoms with Crippen LogP contribution in [0.4, 0.5) is 5.69 Å². The standard InChI is InChI=1S/C29H33N3O4/c1-19-12-14-24-23(16-19)27(34)29(36)31(24)17-21(18-33)30-26-25(15-13-20-8-4-2-5-9-20)32(28(26)35)22-10-6-3-7-11-22/h2,4-5,8-9,12-16,21-22,25-26,30,33H,3,6-7,10-11,17-18H2,1H3/b15-13+/t21?,25-,26+/m1/s1. The number of nitrogens with one attached hydrogen (secondary N) is 1. The molecule has 2 aromatic carbocycles. The number of carbonyl (C=O) groups excluding carboxylic acids is 3. The average Bonchev–Trinajstić information content (AvgIpc) is 3.13. The summed E-state index contributed by atoms with van der Waals surface area (Å²) in [5, 5.41) is 13.5. The maximum atomic E-state index is 13.3. The molecule has 36 heavy (non-hydrogen) atoms. The van der Waals surface area contributed by atoms with Gasteiger partial charge in [0.2, 0.25) is 5.91 Å². The molecule has 2 heterocycles. The van der Waals surface area contributed by atoms with Crippen LogP contribution in [0, 0.1) is 6.92 Å². The Morgan fingerprint density at radius 3 is 2.53 bits per heavy atom. The first kappa shape index (κ1) is 24.4. The number of ketones is 1. The van der Waals surface area contributed by atoms with E-state index < -0.39 is 23.8 Å². The average molecular weight is 488 g/mol. The summed E-state index contributed by atoms with van der Waals surface area (Å²) in [6.45, 7) is 1.73. The minimum atomic E-state index is -0.597. The predicted octanol–water partition coefficient (Wildman–Crippen LogP) is 3.10. The normalized spacial score (nSPS) is 23.3. The predicted molar refractivity (Wildman–Crippen MR) is 139 cm³/mol. The van der Waals surface area contributed by atoms with Crippen LogP contribution >= 0.6 is 0 Å². The van der Waals surface area contributed by atoms with Gasteiger partial charge in [0.15, 0.2) is 0 Å². The number of aryl methyl sites for hydroxylation is 1. The molecule has 7 heteroatoms. The Kier molecular flexibility index (Phi) is 7.03. The first-order valence-electron chi connectivity index (χ1n) is 12.9. The molecular formula is C29H33N3O4. The summed E-state index contributed by atoms with van der Waals surface area (Å²) in [5.41, 5.74) is 2.92. The fraction of sp³-hybridized carbons (Fsp3) is 0.414. The van der Waals surface area contributed by atoms with Crippen molar-refractivity contribution in [2.45, 2.75) is 63.2 Å². The van der Waals surface area contributed by atoms with Gasteiger partial charge in [-0.3, -0.25) is 19.7 Å². The fourth-order valence-electron chi connectivity index (χ4n) is 5.70. The largest absolute Gasteiger partial charge is 0.395 e. The number of aliphatic hydroxyl groups is 1. The van der Waals surface area contributed by atoms with Crippen LogP contribution in [0.1, 0.15) is 53.6 Å². The van der Waals surface area contributed by atoms with Gasteiger partial charge in [0.25, 0.3) is 11.7 Å². The van der Waals surface area contributed by atoms with E-state index >= 15 is 0 Å². The molecule has 3 aliphatic rings. The van der Waals surface area contributed by atoms with E-state index in [0.29, 0.717) is 11.3 Å². The smallest absolute Gasteiger partial charge is 0.299 e. The minimum Gasteiger partial charge on any atom is -0.395 e.